The van der Waals surface area contributed by atoms with Gasteiger partial charge in [0.1, 0.15) is 5.82 Å². The third kappa shape index (κ3) is 1.75. The first-order chi connectivity index (χ1) is 7.26. The molecule has 0 amide bonds. The summed E-state index contributed by atoms with van der Waals surface area (Å²) in [5, 5.41) is 4.25. The Morgan fingerprint density at radius 3 is 2.87 bits per heavy atom. The van der Waals surface area contributed by atoms with Crippen LogP contribution in [-0.2, 0) is 13.1 Å². The van der Waals surface area contributed by atoms with Gasteiger partial charge in [0.15, 0.2) is 0 Å². The molecule has 0 saturated heterocycles. The lowest BCUT2D eigenvalue weighted by Gasteiger charge is -1.99. The number of hydrogen-bond acceptors (Lipinski definition) is 1. The van der Waals surface area contributed by atoms with Gasteiger partial charge in [-0.1, -0.05) is 0 Å². The minimum absolute atomic E-state index is 0.175. The fourth-order valence-corrected chi connectivity index (χ4v) is 1.93. The van der Waals surface area contributed by atoms with E-state index < -0.39 is 0 Å². The fraction of sp³-hybridized carbons (Fsp3) is 0.333. The molecular weight excluding hydrogens is 191 g/mol. The zero-order valence-corrected chi connectivity index (χ0v) is 9.05. The summed E-state index contributed by atoms with van der Waals surface area (Å²) in [5.74, 6) is -0.175. The van der Waals surface area contributed by atoms with Crippen molar-refractivity contribution in [3.05, 3.63) is 35.8 Å². The molecule has 2 nitrogen and oxygen atoms in total. The Hall–Kier alpha value is -1.35. The van der Waals surface area contributed by atoms with E-state index in [2.05, 4.69) is 23.0 Å². The molecule has 0 spiro atoms. The van der Waals surface area contributed by atoms with Crippen molar-refractivity contribution in [2.24, 2.45) is 0 Å². The number of nitrogens with one attached hydrogen (secondary N) is 1. The van der Waals surface area contributed by atoms with E-state index >= 15 is 0 Å². The van der Waals surface area contributed by atoms with Crippen LogP contribution in [0, 0.1) is 5.82 Å². The van der Waals surface area contributed by atoms with Crippen LogP contribution in [0.1, 0.15) is 12.5 Å². The number of fused-ring (bicyclic) bond motifs is 1. The van der Waals surface area contributed by atoms with Gasteiger partial charge in [-0.2, -0.15) is 0 Å². The van der Waals surface area contributed by atoms with E-state index in [4.69, 9.17) is 0 Å². The number of rotatable bonds is 3. The summed E-state index contributed by atoms with van der Waals surface area (Å²) < 4.78 is 15.2. The van der Waals surface area contributed by atoms with E-state index in [9.17, 15) is 4.39 Å². The zero-order valence-electron chi connectivity index (χ0n) is 9.05. The van der Waals surface area contributed by atoms with Crippen molar-refractivity contribution in [3.8, 4) is 0 Å². The highest BCUT2D eigenvalue weighted by atomic mass is 19.1. The second kappa shape index (κ2) is 4.03. The van der Waals surface area contributed by atoms with Gasteiger partial charge < -0.3 is 9.88 Å². The first-order valence-corrected chi connectivity index (χ1v) is 5.18. The van der Waals surface area contributed by atoms with Gasteiger partial charge in [-0.15, -0.1) is 0 Å². The molecule has 0 radical (unpaired) electrons. The third-order valence-corrected chi connectivity index (χ3v) is 2.63. The number of hydrogen-bond donors (Lipinski definition) is 1. The maximum absolute atomic E-state index is 13.1. The van der Waals surface area contributed by atoms with E-state index in [1.54, 1.807) is 6.07 Å². The monoisotopic (exact) mass is 206 g/mol. The maximum Gasteiger partial charge on any atom is 0.125 e. The molecule has 2 rings (SSSR count). The Morgan fingerprint density at radius 2 is 2.20 bits per heavy atom. The smallest absolute Gasteiger partial charge is 0.125 e. The predicted octanol–water partition coefficient (Wildman–Crippen LogP) is 2.52. The lowest BCUT2D eigenvalue weighted by atomic mass is 10.2. The number of benzene rings is 1. The largest absolute Gasteiger partial charge is 0.347 e. The van der Waals surface area contributed by atoms with E-state index in [0.717, 1.165) is 24.0 Å². The van der Waals surface area contributed by atoms with Gasteiger partial charge in [-0.3, -0.25) is 0 Å². The Morgan fingerprint density at radius 1 is 1.40 bits per heavy atom. The number of aromatic nitrogens is 1. The van der Waals surface area contributed by atoms with Crippen LogP contribution in [0.3, 0.4) is 0 Å². The molecule has 0 unspecified atom stereocenters. The van der Waals surface area contributed by atoms with Crippen LogP contribution in [0.15, 0.2) is 24.4 Å². The molecule has 0 bridgehead atoms. The van der Waals surface area contributed by atoms with Crippen molar-refractivity contribution in [1.82, 2.24) is 9.88 Å². The Bertz CT molecular complexity index is 474. The highest BCUT2D eigenvalue weighted by Crippen LogP contribution is 2.22. The third-order valence-electron chi connectivity index (χ3n) is 2.63. The number of halogens is 1. The van der Waals surface area contributed by atoms with Crippen LogP contribution in [0.25, 0.3) is 10.9 Å². The summed E-state index contributed by atoms with van der Waals surface area (Å²) >= 11 is 0. The molecule has 0 aliphatic rings. The molecule has 1 aromatic carbocycles. The quantitative estimate of drug-likeness (QED) is 0.816. The summed E-state index contributed by atoms with van der Waals surface area (Å²) in [5.41, 5.74) is 2.19. The van der Waals surface area contributed by atoms with Crippen molar-refractivity contribution >= 4 is 10.9 Å². The van der Waals surface area contributed by atoms with Crippen LogP contribution >= 0.6 is 0 Å². The van der Waals surface area contributed by atoms with Crippen LogP contribution in [0.2, 0.25) is 0 Å². The summed E-state index contributed by atoms with van der Waals surface area (Å²) in [6, 6.07) is 4.96. The van der Waals surface area contributed by atoms with Crippen LogP contribution in [0.5, 0.6) is 0 Å². The SMILES string of the molecule is CCn1cc(CNC)c2ccc(F)cc21. The lowest BCUT2D eigenvalue weighted by Crippen LogP contribution is -2.04. The number of nitrogens with zero attached hydrogens (tertiary/aromatic N) is 1. The molecule has 15 heavy (non-hydrogen) atoms. The average molecular weight is 206 g/mol. The van der Waals surface area contributed by atoms with Gasteiger partial charge >= 0.3 is 0 Å². The van der Waals surface area contributed by atoms with Gasteiger partial charge in [0, 0.05) is 24.7 Å². The molecule has 1 aromatic heterocycles. The molecule has 0 aliphatic carbocycles. The first kappa shape index (κ1) is 10.2. The van der Waals surface area contributed by atoms with Crippen molar-refractivity contribution in [2.45, 2.75) is 20.0 Å². The van der Waals surface area contributed by atoms with E-state index in [-0.39, 0.29) is 5.82 Å². The predicted molar refractivity (Wildman–Crippen MR) is 60.3 cm³/mol. The molecule has 0 saturated carbocycles. The molecule has 80 valence electrons. The second-order valence-corrected chi connectivity index (χ2v) is 3.63. The Labute approximate surface area is 88.7 Å². The molecule has 0 fully saturated rings. The first-order valence-electron chi connectivity index (χ1n) is 5.18. The molecule has 3 heteroatoms. The van der Waals surface area contributed by atoms with Gasteiger partial charge in [0.2, 0.25) is 0 Å². The van der Waals surface area contributed by atoms with Gasteiger partial charge in [0.05, 0.1) is 5.52 Å². The average Bonchev–Trinajstić information content (AvgIpc) is 2.56. The normalized spacial score (nSPS) is 11.1. The molecule has 1 heterocycles. The lowest BCUT2D eigenvalue weighted by molar-refractivity contribution is 0.628. The Kier molecular flexibility index (Phi) is 2.73. The molecule has 1 N–H and O–H groups in total. The summed E-state index contributed by atoms with van der Waals surface area (Å²) in [4.78, 5) is 0. The Balaban J connectivity index is 2.64. The highest BCUT2D eigenvalue weighted by molar-refractivity contribution is 5.84. The highest BCUT2D eigenvalue weighted by Gasteiger charge is 2.07. The summed E-state index contributed by atoms with van der Waals surface area (Å²) in [7, 11) is 1.92. The standard InChI is InChI=1S/C12H15FN2/c1-3-15-8-9(7-14-2)11-5-4-10(13)6-12(11)15/h4-6,8,14H,3,7H2,1-2H3. The van der Waals surface area contributed by atoms with Crippen molar-refractivity contribution in [1.29, 1.82) is 0 Å². The van der Waals surface area contributed by atoms with Crippen LogP contribution in [-0.4, -0.2) is 11.6 Å². The van der Waals surface area contributed by atoms with Crippen LogP contribution in [0.4, 0.5) is 4.39 Å². The summed E-state index contributed by atoms with van der Waals surface area (Å²) in [6.45, 7) is 3.74. The number of aryl methyl sites for hydroxylation is 1. The minimum Gasteiger partial charge on any atom is -0.347 e. The maximum atomic E-state index is 13.1. The van der Waals surface area contributed by atoms with Gasteiger partial charge in [0.25, 0.3) is 0 Å². The topological polar surface area (TPSA) is 17.0 Å². The van der Waals surface area contributed by atoms with Crippen molar-refractivity contribution < 1.29 is 4.39 Å². The summed E-state index contributed by atoms with van der Waals surface area (Å²) in [6.07, 6.45) is 2.08. The van der Waals surface area contributed by atoms with E-state index in [1.807, 2.05) is 13.1 Å². The molecule has 0 atom stereocenters. The van der Waals surface area contributed by atoms with E-state index in [1.165, 1.54) is 11.6 Å². The van der Waals surface area contributed by atoms with E-state index in [0.29, 0.717) is 0 Å². The van der Waals surface area contributed by atoms with Crippen LogP contribution < -0.4 is 5.32 Å². The molecular formula is C12H15FN2. The van der Waals surface area contributed by atoms with Gasteiger partial charge in [-0.25, -0.2) is 4.39 Å². The zero-order chi connectivity index (χ0) is 10.8. The molecule has 0 aliphatic heterocycles. The van der Waals surface area contributed by atoms with Crippen molar-refractivity contribution in [3.63, 3.8) is 0 Å². The second-order valence-electron chi connectivity index (χ2n) is 3.63. The van der Waals surface area contributed by atoms with Gasteiger partial charge in [-0.05, 0) is 37.7 Å². The fourth-order valence-electron chi connectivity index (χ4n) is 1.93. The van der Waals surface area contributed by atoms with Crippen molar-refractivity contribution in [2.75, 3.05) is 7.05 Å². The minimum atomic E-state index is -0.175. The molecule has 2 aromatic rings.